The van der Waals surface area contributed by atoms with E-state index in [-0.39, 0.29) is 0 Å². The molecular formula is C21H23N7. The molecular weight excluding hydrogens is 350 g/mol. The summed E-state index contributed by atoms with van der Waals surface area (Å²) in [6, 6.07) is 9.83. The van der Waals surface area contributed by atoms with Gasteiger partial charge in [-0.3, -0.25) is 14.6 Å². The molecule has 0 spiro atoms. The first kappa shape index (κ1) is 18.1. The summed E-state index contributed by atoms with van der Waals surface area (Å²) in [5, 5.41) is 13.9. The average Bonchev–Trinajstić information content (AvgIpc) is 3.05. The molecule has 0 N–H and O–H groups in total. The molecule has 1 aliphatic rings. The van der Waals surface area contributed by atoms with E-state index in [0.29, 0.717) is 5.56 Å². The fourth-order valence-electron chi connectivity index (χ4n) is 3.70. The summed E-state index contributed by atoms with van der Waals surface area (Å²) in [6.07, 6.45) is 5.51. The highest BCUT2D eigenvalue weighted by molar-refractivity contribution is 5.76. The first-order valence-corrected chi connectivity index (χ1v) is 9.42. The minimum atomic E-state index is 0.620. The molecule has 1 fully saturated rings. The SMILES string of the molecule is Cc1nn(C)cc1CN1CCN(c2nccnc2-c2ccccc2C#N)CC1. The van der Waals surface area contributed by atoms with Crippen molar-refractivity contribution in [3.8, 4) is 17.3 Å². The number of benzene rings is 1. The lowest BCUT2D eigenvalue weighted by Crippen LogP contribution is -2.46. The van der Waals surface area contributed by atoms with Gasteiger partial charge in [0.25, 0.3) is 0 Å². The molecule has 1 aliphatic heterocycles. The topological polar surface area (TPSA) is 73.9 Å². The number of anilines is 1. The summed E-state index contributed by atoms with van der Waals surface area (Å²) in [4.78, 5) is 13.9. The van der Waals surface area contributed by atoms with Crippen molar-refractivity contribution in [1.29, 1.82) is 5.26 Å². The third-order valence-electron chi connectivity index (χ3n) is 5.16. The Kier molecular flexibility index (Phi) is 5.04. The number of nitrogens with zero attached hydrogens (tertiary/aromatic N) is 7. The average molecular weight is 373 g/mol. The predicted octanol–water partition coefficient (Wildman–Crippen LogP) is 2.38. The van der Waals surface area contributed by atoms with Crippen LogP contribution in [0.15, 0.2) is 42.9 Å². The predicted molar refractivity (Wildman–Crippen MR) is 108 cm³/mol. The van der Waals surface area contributed by atoms with E-state index in [1.807, 2.05) is 36.0 Å². The second-order valence-corrected chi connectivity index (χ2v) is 7.06. The molecule has 142 valence electrons. The lowest BCUT2D eigenvalue weighted by atomic mass is 10.0. The molecule has 4 rings (SSSR count). The van der Waals surface area contributed by atoms with Gasteiger partial charge in [0, 0.05) is 69.5 Å². The number of piperazine rings is 1. The van der Waals surface area contributed by atoms with Gasteiger partial charge in [-0.1, -0.05) is 18.2 Å². The molecule has 0 unspecified atom stereocenters. The van der Waals surface area contributed by atoms with E-state index in [1.165, 1.54) is 5.56 Å². The highest BCUT2D eigenvalue weighted by atomic mass is 15.3. The summed E-state index contributed by atoms with van der Waals surface area (Å²) in [7, 11) is 1.96. The standard InChI is InChI=1S/C21H23N7/c1-16-18(14-26(2)25-16)15-27-9-11-28(12-10-27)21-20(23-7-8-24-21)19-6-4-3-5-17(19)13-22/h3-8,14H,9-12,15H2,1-2H3. The molecule has 3 heterocycles. The smallest absolute Gasteiger partial charge is 0.155 e. The molecule has 0 saturated carbocycles. The van der Waals surface area contributed by atoms with E-state index < -0.39 is 0 Å². The van der Waals surface area contributed by atoms with E-state index >= 15 is 0 Å². The Morgan fingerprint density at radius 1 is 1.07 bits per heavy atom. The zero-order valence-corrected chi connectivity index (χ0v) is 16.2. The van der Waals surface area contributed by atoms with Crippen LogP contribution in [0.4, 0.5) is 5.82 Å². The second kappa shape index (κ2) is 7.79. The van der Waals surface area contributed by atoms with Crippen molar-refractivity contribution in [3.63, 3.8) is 0 Å². The fourth-order valence-corrected chi connectivity index (χ4v) is 3.70. The minimum absolute atomic E-state index is 0.620. The van der Waals surface area contributed by atoms with Crippen molar-refractivity contribution in [1.82, 2.24) is 24.6 Å². The number of hydrogen-bond acceptors (Lipinski definition) is 6. The van der Waals surface area contributed by atoms with Crippen molar-refractivity contribution >= 4 is 5.82 Å². The van der Waals surface area contributed by atoms with Crippen LogP contribution >= 0.6 is 0 Å². The maximum Gasteiger partial charge on any atom is 0.155 e. The van der Waals surface area contributed by atoms with Gasteiger partial charge >= 0.3 is 0 Å². The number of nitriles is 1. The zero-order chi connectivity index (χ0) is 19.5. The monoisotopic (exact) mass is 373 g/mol. The molecule has 1 saturated heterocycles. The Bertz CT molecular complexity index is 1010. The van der Waals surface area contributed by atoms with Gasteiger partial charge in [-0.15, -0.1) is 0 Å². The highest BCUT2D eigenvalue weighted by Gasteiger charge is 2.23. The van der Waals surface area contributed by atoms with Crippen molar-refractivity contribution < 1.29 is 0 Å². The summed E-state index contributed by atoms with van der Waals surface area (Å²) >= 11 is 0. The number of hydrogen-bond donors (Lipinski definition) is 0. The van der Waals surface area contributed by atoms with E-state index in [4.69, 9.17) is 0 Å². The normalized spacial score (nSPS) is 14.8. The largest absolute Gasteiger partial charge is 0.352 e. The maximum absolute atomic E-state index is 9.45. The Morgan fingerprint density at radius 2 is 1.82 bits per heavy atom. The second-order valence-electron chi connectivity index (χ2n) is 7.06. The summed E-state index contributed by atoms with van der Waals surface area (Å²) < 4.78 is 1.87. The van der Waals surface area contributed by atoms with E-state index in [2.05, 4.69) is 44.1 Å². The molecule has 0 atom stereocenters. The molecule has 28 heavy (non-hydrogen) atoms. The summed E-state index contributed by atoms with van der Waals surface area (Å²) in [5.41, 5.74) is 4.60. The fraction of sp³-hybridized carbons (Fsp3) is 0.333. The van der Waals surface area contributed by atoms with Gasteiger partial charge in [0.05, 0.1) is 17.3 Å². The van der Waals surface area contributed by atoms with Gasteiger partial charge in [0.2, 0.25) is 0 Å². The molecule has 1 aromatic carbocycles. The van der Waals surface area contributed by atoms with Gasteiger partial charge in [0.1, 0.15) is 5.69 Å². The van der Waals surface area contributed by atoms with Gasteiger partial charge < -0.3 is 4.90 Å². The summed E-state index contributed by atoms with van der Waals surface area (Å²) in [5.74, 6) is 0.849. The Hall–Kier alpha value is -3.24. The van der Waals surface area contributed by atoms with Crippen LogP contribution in [0.5, 0.6) is 0 Å². The third-order valence-corrected chi connectivity index (χ3v) is 5.16. The van der Waals surface area contributed by atoms with E-state index in [9.17, 15) is 5.26 Å². The third kappa shape index (κ3) is 3.59. The highest BCUT2D eigenvalue weighted by Crippen LogP contribution is 2.29. The van der Waals surface area contributed by atoms with Crippen molar-refractivity contribution in [2.75, 3.05) is 31.1 Å². The molecule has 2 aromatic heterocycles. The van der Waals surface area contributed by atoms with Crippen LogP contribution in [-0.4, -0.2) is 50.8 Å². The maximum atomic E-state index is 9.45. The molecule has 0 aliphatic carbocycles. The van der Waals surface area contributed by atoms with Gasteiger partial charge in [0.15, 0.2) is 5.82 Å². The first-order chi connectivity index (χ1) is 13.7. The lowest BCUT2D eigenvalue weighted by molar-refractivity contribution is 0.249. The van der Waals surface area contributed by atoms with E-state index in [0.717, 1.165) is 55.5 Å². The van der Waals surface area contributed by atoms with Crippen LogP contribution < -0.4 is 4.90 Å². The molecule has 7 nitrogen and oxygen atoms in total. The quantitative estimate of drug-likeness (QED) is 0.699. The molecule has 0 radical (unpaired) electrons. The van der Waals surface area contributed by atoms with Crippen LogP contribution in [-0.2, 0) is 13.6 Å². The molecule has 0 bridgehead atoms. The summed E-state index contributed by atoms with van der Waals surface area (Å²) in [6.45, 7) is 6.62. The molecule has 0 amide bonds. The van der Waals surface area contributed by atoms with Crippen LogP contribution in [0, 0.1) is 18.3 Å². The van der Waals surface area contributed by atoms with Crippen molar-refractivity contribution in [3.05, 3.63) is 59.7 Å². The van der Waals surface area contributed by atoms with Crippen LogP contribution in [0.2, 0.25) is 0 Å². The van der Waals surface area contributed by atoms with Crippen LogP contribution in [0.25, 0.3) is 11.3 Å². The van der Waals surface area contributed by atoms with Gasteiger partial charge in [-0.25, -0.2) is 4.98 Å². The lowest BCUT2D eigenvalue weighted by Gasteiger charge is -2.35. The van der Waals surface area contributed by atoms with E-state index in [1.54, 1.807) is 12.4 Å². The van der Waals surface area contributed by atoms with Gasteiger partial charge in [-0.05, 0) is 13.0 Å². The van der Waals surface area contributed by atoms with Gasteiger partial charge in [-0.2, -0.15) is 10.4 Å². The van der Waals surface area contributed by atoms with Crippen molar-refractivity contribution in [2.45, 2.75) is 13.5 Å². The first-order valence-electron chi connectivity index (χ1n) is 9.42. The number of aromatic nitrogens is 4. The number of aryl methyl sites for hydroxylation is 2. The Morgan fingerprint density at radius 3 is 2.54 bits per heavy atom. The number of rotatable bonds is 4. The van der Waals surface area contributed by atoms with Crippen molar-refractivity contribution in [2.24, 2.45) is 7.05 Å². The molecule has 3 aromatic rings. The van der Waals surface area contributed by atoms with Crippen LogP contribution in [0.1, 0.15) is 16.8 Å². The Balaban J connectivity index is 1.51. The zero-order valence-electron chi connectivity index (χ0n) is 16.2. The minimum Gasteiger partial charge on any atom is -0.352 e. The molecule has 7 heteroatoms. The Labute approximate surface area is 164 Å². The van der Waals surface area contributed by atoms with Crippen LogP contribution in [0.3, 0.4) is 0 Å².